The van der Waals surface area contributed by atoms with Crippen LogP contribution in [0.15, 0.2) is 42.5 Å². The number of hydrogen-bond donors (Lipinski definition) is 3. The Kier molecular flexibility index (Phi) is 8.50. The Morgan fingerprint density at radius 1 is 0.969 bits per heavy atom. The lowest BCUT2D eigenvalue weighted by atomic mass is 10.0. The van der Waals surface area contributed by atoms with Crippen LogP contribution in [0, 0.1) is 0 Å². The number of urea groups is 1. The third-order valence-corrected chi connectivity index (χ3v) is 5.62. The number of nitrogens with one attached hydrogen (secondary N) is 3. The molecule has 0 aromatic heterocycles. The van der Waals surface area contributed by atoms with Crippen LogP contribution in [-0.4, -0.2) is 45.3 Å². The van der Waals surface area contributed by atoms with E-state index >= 15 is 0 Å². The monoisotopic (exact) mass is 438 g/mol. The molecule has 1 aliphatic rings. The standard InChI is InChI=1S/C25H34N4O3/c1-18(2)19-7-9-20(10-8-19)27-25(31)28-21-11-12-23(29-14-5-4-6-15-29)22(17-21)24(30)26-13-16-32-3/h7-12,17-18H,4-6,13-16H2,1-3H3,(H,26,30)(H2,27,28,31). The summed E-state index contributed by atoms with van der Waals surface area (Å²) in [4.78, 5) is 27.7. The Morgan fingerprint density at radius 2 is 1.62 bits per heavy atom. The molecule has 0 radical (unpaired) electrons. The summed E-state index contributed by atoms with van der Waals surface area (Å²) in [5.74, 6) is 0.265. The molecular formula is C25H34N4O3. The molecule has 3 amide bonds. The number of nitrogens with zero attached hydrogens (tertiary/aromatic N) is 1. The van der Waals surface area contributed by atoms with E-state index in [0.29, 0.717) is 30.3 Å². The first-order valence-electron chi connectivity index (χ1n) is 11.3. The van der Waals surface area contributed by atoms with Crippen molar-refractivity contribution in [1.82, 2.24) is 5.32 Å². The van der Waals surface area contributed by atoms with E-state index < -0.39 is 0 Å². The highest BCUT2D eigenvalue weighted by Gasteiger charge is 2.19. The van der Waals surface area contributed by atoms with Crippen LogP contribution >= 0.6 is 0 Å². The molecule has 0 atom stereocenters. The molecule has 3 N–H and O–H groups in total. The molecule has 1 fully saturated rings. The van der Waals surface area contributed by atoms with Gasteiger partial charge in [-0.05, 0) is 61.1 Å². The fourth-order valence-corrected chi connectivity index (χ4v) is 3.81. The van der Waals surface area contributed by atoms with Gasteiger partial charge in [-0.2, -0.15) is 0 Å². The molecule has 0 bridgehead atoms. The smallest absolute Gasteiger partial charge is 0.323 e. The molecule has 172 valence electrons. The molecule has 0 aliphatic carbocycles. The Balaban J connectivity index is 1.73. The van der Waals surface area contributed by atoms with Crippen molar-refractivity contribution in [2.24, 2.45) is 0 Å². The van der Waals surface area contributed by atoms with Crippen molar-refractivity contribution in [3.63, 3.8) is 0 Å². The fourth-order valence-electron chi connectivity index (χ4n) is 3.81. The molecule has 0 spiro atoms. The van der Waals surface area contributed by atoms with Crippen LogP contribution in [0.5, 0.6) is 0 Å². The highest BCUT2D eigenvalue weighted by atomic mass is 16.5. The molecule has 2 aromatic carbocycles. The molecule has 32 heavy (non-hydrogen) atoms. The van der Waals surface area contributed by atoms with Gasteiger partial charge in [0.25, 0.3) is 5.91 Å². The van der Waals surface area contributed by atoms with Crippen LogP contribution in [0.3, 0.4) is 0 Å². The van der Waals surface area contributed by atoms with Gasteiger partial charge in [-0.1, -0.05) is 26.0 Å². The number of hydrogen-bond acceptors (Lipinski definition) is 4. The molecule has 1 heterocycles. The Labute approximate surface area is 190 Å². The average Bonchev–Trinajstić information content (AvgIpc) is 2.80. The van der Waals surface area contributed by atoms with Gasteiger partial charge >= 0.3 is 6.03 Å². The van der Waals surface area contributed by atoms with Gasteiger partial charge in [0.2, 0.25) is 0 Å². The number of rotatable bonds is 8. The minimum Gasteiger partial charge on any atom is -0.383 e. The molecule has 2 aromatic rings. The second-order valence-electron chi connectivity index (χ2n) is 8.38. The minimum atomic E-state index is -0.348. The van der Waals surface area contributed by atoms with Crippen LogP contribution in [-0.2, 0) is 4.74 Å². The molecule has 0 unspecified atom stereocenters. The quantitative estimate of drug-likeness (QED) is 0.516. The third kappa shape index (κ3) is 6.47. The summed E-state index contributed by atoms with van der Waals surface area (Å²) < 4.78 is 5.04. The summed E-state index contributed by atoms with van der Waals surface area (Å²) in [7, 11) is 1.60. The highest BCUT2D eigenvalue weighted by Crippen LogP contribution is 2.27. The summed E-state index contributed by atoms with van der Waals surface area (Å²) in [5.41, 5.74) is 3.96. The summed E-state index contributed by atoms with van der Waals surface area (Å²) >= 11 is 0. The van der Waals surface area contributed by atoms with Crippen LogP contribution in [0.1, 0.15) is 54.9 Å². The van der Waals surface area contributed by atoms with Crippen molar-refractivity contribution >= 4 is 29.0 Å². The zero-order valence-corrected chi connectivity index (χ0v) is 19.2. The van der Waals surface area contributed by atoms with Gasteiger partial charge in [-0.15, -0.1) is 0 Å². The predicted octanol–water partition coefficient (Wildman–Crippen LogP) is 4.82. The van der Waals surface area contributed by atoms with Gasteiger partial charge in [0.15, 0.2) is 0 Å². The van der Waals surface area contributed by atoms with Crippen LogP contribution in [0.2, 0.25) is 0 Å². The molecular weight excluding hydrogens is 404 g/mol. The molecule has 7 nitrogen and oxygen atoms in total. The van der Waals surface area contributed by atoms with E-state index in [1.807, 2.05) is 36.4 Å². The van der Waals surface area contributed by atoms with Crippen molar-refractivity contribution in [2.45, 2.75) is 39.0 Å². The van der Waals surface area contributed by atoms with Gasteiger partial charge in [0.1, 0.15) is 0 Å². The van der Waals surface area contributed by atoms with Gasteiger partial charge in [0, 0.05) is 43.8 Å². The normalized spacial score (nSPS) is 13.7. The van der Waals surface area contributed by atoms with Crippen molar-refractivity contribution in [3.05, 3.63) is 53.6 Å². The topological polar surface area (TPSA) is 82.7 Å². The lowest BCUT2D eigenvalue weighted by Gasteiger charge is -2.30. The van der Waals surface area contributed by atoms with E-state index in [2.05, 4.69) is 34.7 Å². The van der Waals surface area contributed by atoms with Crippen LogP contribution in [0.4, 0.5) is 21.9 Å². The summed E-state index contributed by atoms with van der Waals surface area (Å²) in [5, 5.41) is 8.59. The van der Waals surface area contributed by atoms with E-state index in [4.69, 9.17) is 4.74 Å². The van der Waals surface area contributed by atoms with Crippen molar-refractivity contribution < 1.29 is 14.3 Å². The molecule has 0 saturated carbocycles. The third-order valence-electron chi connectivity index (χ3n) is 5.62. The highest BCUT2D eigenvalue weighted by molar-refractivity contribution is 6.04. The number of ether oxygens (including phenoxy) is 1. The number of carbonyl (C=O) groups excluding carboxylic acids is 2. The largest absolute Gasteiger partial charge is 0.383 e. The molecule has 3 rings (SSSR count). The van der Waals surface area contributed by atoms with E-state index in [0.717, 1.165) is 37.3 Å². The Morgan fingerprint density at radius 3 is 2.28 bits per heavy atom. The number of methoxy groups -OCH3 is 1. The summed E-state index contributed by atoms with van der Waals surface area (Å²) in [6, 6.07) is 13.0. The van der Waals surface area contributed by atoms with Crippen molar-refractivity contribution in [3.8, 4) is 0 Å². The van der Waals surface area contributed by atoms with E-state index in [1.165, 1.54) is 12.0 Å². The number of carbonyl (C=O) groups is 2. The van der Waals surface area contributed by atoms with Crippen molar-refractivity contribution in [2.75, 3.05) is 48.9 Å². The number of amides is 3. The fraction of sp³-hybridized carbons (Fsp3) is 0.440. The first-order valence-corrected chi connectivity index (χ1v) is 11.3. The number of anilines is 3. The molecule has 1 aliphatic heterocycles. The maximum Gasteiger partial charge on any atom is 0.323 e. The summed E-state index contributed by atoms with van der Waals surface area (Å²) in [6.07, 6.45) is 3.44. The zero-order valence-electron chi connectivity index (χ0n) is 19.2. The van der Waals surface area contributed by atoms with Gasteiger partial charge < -0.3 is 25.6 Å². The van der Waals surface area contributed by atoms with Gasteiger partial charge in [-0.3, -0.25) is 4.79 Å². The molecule has 7 heteroatoms. The minimum absolute atomic E-state index is 0.170. The second kappa shape index (κ2) is 11.5. The van der Waals surface area contributed by atoms with Crippen LogP contribution in [0.25, 0.3) is 0 Å². The number of piperidine rings is 1. The van der Waals surface area contributed by atoms with E-state index in [9.17, 15) is 9.59 Å². The average molecular weight is 439 g/mol. The molecule has 1 saturated heterocycles. The maximum absolute atomic E-state index is 12.9. The maximum atomic E-state index is 12.9. The first-order chi connectivity index (χ1) is 15.5. The van der Waals surface area contributed by atoms with Gasteiger partial charge in [-0.25, -0.2) is 4.79 Å². The first kappa shape index (κ1) is 23.6. The van der Waals surface area contributed by atoms with E-state index in [-0.39, 0.29) is 11.9 Å². The zero-order chi connectivity index (χ0) is 22.9. The van der Waals surface area contributed by atoms with Crippen molar-refractivity contribution in [1.29, 1.82) is 0 Å². The second-order valence-corrected chi connectivity index (χ2v) is 8.38. The summed E-state index contributed by atoms with van der Waals surface area (Å²) in [6.45, 7) is 6.99. The lowest BCUT2D eigenvalue weighted by Crippen LogP contribution is -2.33. The van der Waals surface area contributed by atoms with Gasteiger partial charge in [0.05, 0.1) is 12.2 Å². The predicted molar refractivity (Wildman–Crippen MR) is 130 cm³/mol. The lowest BCUT2D eigenvalue weighted by molar-refractivity contribution is 0.0937. The Bertz CT molecular complexity index is 906. The van der Waals surface area contributed by atoms with E-state index in [1.54, 1.807) is 13.2 Å². The van der Waals surface area contributed by atoms with Crippen LogP contribution < -0.4 is 20.9 Å². The number of benzene rings is 2. The Hall–Kier alpha value is -3.06. The SMILES string of the molecule is COCCNC(=O)c1cc(NC(=O)Nc2ccc(C(C)C)cc2)ccc1N1CCCCC1.